The Hall–Kier alpha value is -3.07. The van der Waals surface area contributed by atoms with E-state index in [2.05, 4.69) is 32.2 Å². The molecular weight excluding hydrogens is 458 g/mol. The number of thiazole rings is 1. The molecule has 1 saturated heterocycles. The van der Waals surface area contributed by atoms with E-state index in [1.54, 1.807) is 24.6 Å². The fourth-order valence-electron chi connectivity index (χ4n) is 4.68. The number of carbonyl (C=O) groups is 1. The van der Waals surface area contributed by atoms with Crippen LogP contribution in [0.25, 0.3) is 21.8 Å². The molecule has 4 heterocycles. The molecule has 8 heteroatoms. The summed E-state index contributed by atoms with van der Waals surface area (Å²) < 4.78 is 5.33. The molecular formula is C27H29N5O2S. The van der Waals surface area contributed by atoms with E-state index in [0.29, 0.717) is 25.3 Å². The standard InChI is InChI=1S/C27H29N5O2S/c1-34-18-22-8-5-14-32(22)15-11-23(33)17-21-16-20(9-12-28-21)27-30-25(19-6-3-2-4-7-19)26(35-27)24-10-13-29-31-24/h2-4,6-7,9,12-13,16,22H,5,8,10-11,14-15,17-18H2,1H3/t22-/m1/s1. The van der Waals surface area contributed by atoms with Crippen LogP contribution >= 0.6 is 11.3 Å². The number of benzene rings is 1. The summed E-state index contributed by atoms with van der Waals surface area (Å²) in [6, 6.07) is 14.5. The number of carbonyl (C=O) groups excluding carboxylic acids is 1. The number of Topliss-reactive ketones (excluding diaryl/α,β-unsaturated/α-hetero) is 1. The van der Waals surface area contributed by atoms with E-state index in [1.165, 1.54) is 6.42 Å². The molecule has 1 aromatic carbocycles. The highest BCUT2D eigenvalue weighted by molar-refractivity contribution is 7.17. The zero-order chi connectivity index (χ0) is 24.0. The lowest BCUT2D eigenvalue weighted by molar-refractivity contribution is -0.118. The molecule has 3 aromatic rings. The van der Waals surface area contributed by atoms with Crippen molar-refractivity contribution < 1.29 is 9.53 Å². The second-order valence-electron chi connectivity index (χ2n) is 8.90. The summed E-state index contributed by atoms with van der Waals surface area (Å²) in [6.07, 6.45) is 7.48. The van der Waals surface area contributed by atoms with Gasteiger partial charge in [0, 0.05) is 68.2 Å². The van der Waals surface area contributed by atoms with Gasteiger partial charge in [-0.2, -0.15) is 10.2 Å². The molecule has 0 radical (unpaired) electrons. The van der Waals surface area contributed by atoms with Crippen LogP contribution in [-0.2, 0) is 16.0 Å². The summed E-state index contributed by atoms with van der Waals surface area (Å²) in [5.74, 6) is 0.208. The maximum Gasteiger partial charge on any atom is 0.140 e. The smallest absolute Gasteiger partial charge is 0.140 e. The Kier molecular flexibility index (Phi) is 7.51. The van der Waals surface area contributed by atoms with Crippen LogP contribution < -0.4 is 0 Å². The summed E-state index contributed by atoms with van der Waals surface area (Å²) in [5.41, 5.74) is 4.65. The first-order valence-corrected chi connectivity index (χ1v) is 12.9. The van der Waals surface area contributed by atoms with Gasteiger partial charge in [0.15, 0.2) is 0 Å². The Morgan fingerprint density at radius 1 is 1.20 bits per heavy atom. The van der Waals surface area contributed by atoms with Crippen molar-refractivity contribution in [2.45, 2.75) is 38.1 Å². The van der Waals surface area contributed by atoms with Crippen LogP contribution in [0.3, 0.4) is 0 Å². The van der Waals surface area contributed by atoms with E-state index in [-0.39, 0.29) is 5.78 Å². The van der Waals surface area contributed by atoms with Crippen LogP contribution in [-0.4, -0.2) is 65.4 Å². The molecule has 180 valence electrons. The van der Waals surface area contributed by atoms with Crippen molar-refractivity contribution in [1.82, 2.24) is 14.9 Å². The largest absolute Gasteiger partial charge is 0.383 e. The number of likely N-dealkylation sites (tertiary alicyclic amines) is 1. The van der Waals surface area contributed by atoms with Gasteiger partial charge in [-0.1, -0.05) is 30.3 Å². The third-order valence-corrected chi connectivity index (χ3v) is 7.61. The number of ketones is 1. The molecule has 0 spiro atoms. The predicted octanol–water partition coefficient (Wildman–Crippen LogP) is 4.66. The topological polar surface area (TPSA) is 80.0 Å². The van der Waals surface area contributed by atoms with Crippen molar-refractivity contribution in [1.29, 1.82) is 0 Å². The van der Waals surface area contributed by atoms with Gasteiger partial charge in [-0.15, -0.1) is 11.3 Å². The number of nitrogens with zero attached hydrogens (tertiary/aromatic N) is 5. The van der Waals surface area contributed by atoms with Crippen LogP contribution in [0, 0.1) is 0 Å². The molecule has 0 N–H and O–H groups in total. The fourth-order valence-corrected chi connectivity index (χ4v) is 5.76. The molecule has 0 unspecified atom stereocenters. The number of hydrogen-bond acceptors (Lipinski definition) is 8. The first-order chi connectivity index (χ1) is 17.2. The molecule has 5 rings (SSSR count). The first-order valence-electron chi connectivity index (χ1n) is 12.1. The van der Waals surface area contributed by atoms with E-state index in [9.17, 15) is 4.79 Å². The second-order valence-corrected chi connectivity index (χ2v) is 9.90. The maximum atomic E-state index is 12.8. The third-order valence-electron chi connectivity index (χ3n) is 6.46. The molecule has 0 bridgehead atoms. The van der Waals surface area contributed by atoms with E-state index >= 15 is 0 Å². The highest BCUT2D eigenvalue weighted by Gasteiger charge is 2.25. The molecule has 1 atom stereocenters. The van der Waals surface area contributed by atoms with Gasteiger partial charge >= 0.3 is 0 Å². The molecule has 2 aliphatic rings. The average molecular weight is 488 g/mol. The minimum atomic E-state index is 0.208. The van der Waals surface area contributed by atoms with Crippen LogP contribution in [0.4, 0.5) is 0 Å². The normalized spacial score (nSPS) is 17.7. The van der Waals surface area contributed by atoms with Crippen LogP contribution in [0.5, 0.6) is 0 Å². The molecule has 35 heavy (non-hydrogen) atoms. The number of ether oxygens (including phenoxy) is 1. The monoisotopic (exact) mass is 487 g/mol. The predicted molar refractivity (Wildman–Crippen MR) is 140 cm³/mol. The molecule has 2 aromatic heterocycles. The molecule has 0 aliphatic carbocycles. The highest BCUT2D eigenvalue weighted by atomic mass is 32.1. The molecule has 1 fully saturated rings. The van der Waals surface area contributed by atoms with Gasteiger partial charge in [0.05, 0.1) is 22.9 Å². The first kappa shape index (κ1) is 23.7. The Morgan fingerprint density at radius 3 is 2.89 bits per heavy atom. The molecule has 2 aliphatic heterocycles. The lowest BCUT2D eigenvalue weighted by atomic mass is 10.1. The van der Waals surface area contributed by atoms with Crippen LogP contribution in [0.1, 0.15) is 36.3 Å². The minimum absolute atomic E-state index is 0.208. The van der Waals surface area contributed by atoms with Gasteiger partial charge in [-0.25, -0.2) is 4.98 Å². The van der Waals surface area contributed by atoms with E-state index in [1.807, 2.05) is 36.5 Å². The van der Waals surface area contributed by atoms with E-state index < -0.39 is 0 Å². The summed E-state index contributed by atoms with van der Waals surface area (Å²) in [7, 11) is 1.74. The van der Waals surface area contributed by atoms with Gasteiger partial charge in [0.1, 0.15) is 10.8 Å². The van der Waals surface area contributed by atoms with Gasteiger partial charge in [0.25, 0.3) is 0 Å². The zero-order valence-electron chi connectivity index (χ0n) is 19.9. The fraction of sp³-hybridized carbons (Fsp3) is 0.370. The Balaban J connectivity index is 1.31. The lowest BCUT2D eigenvalue weighted by Gasteiger charge is -2.23. The van der Waals surface area contributed by atoms with Crippen molar-refractivity contribution in [3.63, 3.8) is 0 Å². The lowest BCUT2D eigenvalue weighted by Crippen LogP contribution is -2.34. The van der Waals surface area contributed by atoms with Crippen molar-refractivity contribution in [2.24, 2.45) is 10.2 Å². The summed E-state index contributed by atoms with van der Waals surface area (Å²) in [4.78, 5) is 25.6. The van der Waals surface area contributed by atoms with Gasteiger partial charge in [-0.3, -0.25) is 14.7 Å². The Bertz CT molecular complexity index is 1240. The average Bonchev–Trinajstić information content (AvgIpc) is 3.65. The van der Waals surface area contributed by atoms with E-state index in [0.717, 1.165) is 64.2 Å². The number of pyridine rings is 1. The highest BCUT2D eigenvalue weighted by Crippen LogP contribution is 2.35. The van der Waals surface area contributed by atoms with Crippen molar-refractivity contribution in [2.75, 3.05) is 26.8 Å². The Labute approximate surface area is 209 Å². The number of aromatic nitrogens is 2. The van der Waals surface area contributed by atoms with E-state index in [4.69, 9.17) is 9.72 Å². The van der Waals surface area contributed by atoms with Gasteiger partial charge in [-0.05, 0) is 31.5 Å². The number of methoxy groups -OCH3 is 1. The zero-order valence-corrected chi connectivity index (χ0v) is 20.7. The van der Waals surface area contributed by atoms with Gasteiger partial charge in [0.2, 0.25) is 0 Å². The summed E-state index contributed by atoms with van der Waals surface area (Å²) in [5, 5.41) is 9.26. The quantitative estimate of drug-likeness (QED) is 0.415. The third kappa shape index (κ3) is 5.61. The molecule has 0 amide bonds. The molecule has 0 saturated carbocycles. The Morgan fingerprint density at radius 2 is 2.09 bits per heavy atom. The maximum absolute atomic E-state index is 12.8. The summed E-state index contributed by atoms with van der Waals surface area (Å²) >= 11 is 1.61. The number of rotatable bonds is 10. The van der Waals surface area contributed by atoms with Gasteiger partial charge < -0.3 is 4.74 Å². The van der Waals surface area contributed by atoms with Crippen LogP contribution in [0.2, 0.25) is 0 Å². The van der Waals surface area contributed by atoms with Crippen molar-refractivity contribution in [3.05, 3.63) is 59.2 Å². The SMILES string of the molecule is COC[C@H]1CCCN1CCC(=O)Cc1cc(-c2nc(-c3ccccc3)c(C3=NN=CC3)s2)ccn1. The second kappa shape index (κ2) is 11.1. The number of hydrogen-bond donors (Lipinski definition) is 0. The van der Waals surface area contributed by atoms with Crippen molar-refractivity contribution >= 4 is 29.0 Å². The van der Waals surface area contributed by atoms with Crippen LogP contribution in [0.15, 0.2) is 58.9 Å². The summed E-state index contributed by atoms with van der Waals surface area (Å²) in [6.45, 7) is 2.56. The molecule has 7 nitrogen and oxygen atoms in total. The van der Waals surface area contributed by atoms with Crippen molar-refractivity contribution in [3.8, 4) is 21.8 Å². The minimum Gasteiger partial charge on any atom is -0.383 e.